The largest absolute Gasteiger partial charge is 0.493 e. The topological polar surface area (TPSA) is 102 Å². The number of benzene rings is 2. The van der Waals surface area contributed by atoms with Gasteiger partial charge in [0.05, 0.1) is 37.5 Å². The summed E-state index contributed by atoms with van der Waals surface area (Å²) in [5.74, 6) is -0.717. The zero-order chi connectivity index (χ0) is 26.0. The van der Waals surface area contributed by atoms with Gasteiger partial charge in [-0.05, 0) is 49.9 Å². The minimum absolute atomic E-state index is 0.117. The summed E-state index contributed by atoms with van der Waals surface area (Å²) in [6.45, 7) is 4.86. The fourth-order valence-corrected chi connectivity index (χ4v) is 4.60. The quantitative estimate of drug-likeness (QED) is 0.430. The highest BCUT2D eigenvalue weighted by Gasteiger charge is 2.36. The average molecular weight is 495 g/mol. The van der Waals surface area contributed by atoms with Gasteiger partial charge in [-0.3, -0.25) is 19.3 Å². The first-order valence-electron chi connectivity index (χ1n) is 11.9. The van der Waals surface area contributed by atoms with Gasteiger partial charge in [0.2, 0.25) is 0 Å². The van der Waals surface area contributed by atoms with Gasteiger partial charge in [-0.25, -0.2) is 4.79 Å². The normalized spacial score (nSPS) is 16.6. The average Bonchev–Trinajstić information content (AvgIpc) is 3.13. The van der Waals surface area contributed by atoms with Crippen molar-refractivity contribution in [3.63, 3.8) is 0 Å². The van der Waals surface area contributed by atoms with Crippen molar-refractivity contribution in [1.29, 1.82) is 0 Å². The molecule has 0 unspecified atom stereocenters. The Morgan fingerprint density at radius 3 is 2.17 bits per heavy atom. The van der Waals surface area contributed by atoms with Gasteiger partial charge < -0.3 is 19.1 Å². The van der Waals surface area contributed by atoms with Crippen LogP contribution in [0.1, 0.15) is 63.3 Å². The lowest BCUT2D eigenvalue weighted by molar-refractivity contribution is -0.141. The van der Waals surface area contributed by atoms with Crippen molar-refractivity contribution in [1.82, 2.24) is 9.80 Å². The molecule has 2 aliphatic rings. The maximum absolute atomic E-state index is 13.0. The van der Waals surface area contributed by atoms with Crippen LogP contribution in [0.4, 0.5) is 0 Å². The number of carbonyl (C=O) groups excluding carboxylic acids is 4. The molecule has 0 bridgehead atoms. The predicted molar refractivity (Wildman–Crippen MR) is 130 cm³/mol. The highest BCUT2D eigenvalue weighted by Crippen LogP contribution is 2.35. The van der Waals surface area contributed by atoms with E-state index in [1.54, 1.807) is 36.1 Å². The van der Waals surface area contributed by atoms with E-state index in [9.17, 15) is 19.2 Å². The van der Waals surface area contributed by atoms with Crippen LogP contribution in [0.15, 0.2) is 36.4 Å². The van der Waals surface area contributed by atoms with E-state index in [4.69, 9.17) is 14.2 Å². The zero-order valence-electron chi connectivity index (χ0n) is 20.9. The Labute approximate surface area is 209 Å². The number of carbonyl (C=O) groups is 4. The molecule has 36 heavy (non-hydrogen) atoms. The SMILES string of the molecule is COc1cc(C(=O)O[C@H](C)C(=O)N2CCC(C)CC2)cc(CN2C(=O)c3ccccc3C2=O)c1OC. The first kappa shape index (κ1) is 25.2. The van der Waals surface area contributed by atoms with Crippen LogP contribution in [0.2, 0.25) is 0 Å². The molecule has 3 amide bonds. The molecular weight excluding hydrogens is 464 g/mol. The Kier molecular flexibility index (Phi) is 7.28. The number of amides is 3. The van der Waals surface area contributed by atoms with E-state index in [1.807, 2.05) is 0 Å². The molecule has 0 aromatic heterocycles. The number of esters is 1. The number of methoxy groups -OCH3 is 2. The lowest BCUT2D eigenvalue weighted by Gasteiger charge is -2.31. The molecule has 9 nitrogen and oxygen atoms in total. The number of rotatable bonds is 7. The summed E-state index contributed by atoms with van der Waals surface area (Å²) >= 11 is 0. The van der Waals surface area contributed by atoms with E-state index in [-0.39, 0.29) is 29.5 Å². The first-order valence-corrected chi connectivity index (χ1v) is 11.9. The predicted octanol–water partition coefficient (Wildman–Crippen LogP) is 3.30. The molecule has 1 atom stereocenters. The lowest BCUT2D eigenvalue weighted by Crippen LogP contribution is -2.44. The van der Waals surface area contributed by atoms with Crippen LogP contribution in [0.3, 0.4) is 0 Å². The molecule has 190 valence electrons. The van der Waals surface area contributed by atoms with Crippen LogP contribution in [-0.4, -0.2) is 66.9 Å². The number of piperidine rings is 1. The molecule has 0 aliphatic carbocycles. The lowest BCUT2D eigenvalue weighted by atomic mass is 9.99. The van der Waals surface area contributed by atoms with E-state index in [0.29, 0.717) is 35.7 Å². The Bertz CT molecular complexity index is 1170. The second-order valence-corrected chi connectivity index (χ2v) is 9.17. The van der Waals surface area contributed by atoms with Crippen molar-refractivity contribution in [2.75, 3.05) is 27.3 Å². The van der Waals surface area contributed by atoms with Gasteiger partial charge in [0.25, 0.3) is 17.7 Å². The number of imide groups is 1. The minimum Gasteiger partial charge on any atom is -0.493 e. The number of fused-ring (bicyclic) bond motifs is 1. The molecular formula is C27H30N2O7. The smallest absolute Gasteiger partial charge is 0.339 e. The van der Waals surface area contributed by atoms with Gasteiger partial charge in [0.15, 0.2) is 17.6 Å². The Balaban J connectivity index is 1.56. The van der Waals surface area contributed by atoms with Crippen molar-refractivity contribution in [3.8, 4) is 11.5 Å². The highest BCUT2D eigenvalue weighted by atomic mass is 16.5. The van der Waals surface area contributed by atoms with Gasteiger partial charge >= 0.3 is 5.97 Å². The van der Waals surface area contributed by atoms with E-state index < -0.39 is 23.9 Å². The van der Waals surface area contributed by atoms with Gasteiger partial charge in [0.1, 0.15) is 0 Å². The third kappa shape index (κ3) is 4.78. The standard InChI is InChI=1S/C27H30N2O7/c1-16-9-11-28(12-10-16)24(30)17(2)36-27(33)18-13-19(23(35-4)22(14-18)34-3)15-29-25(31)20-7-5-6-8-21(20)26(29)32/h5-8,13-14,16-17H,9-12,15H2,1-4H3/t17-/m1/s1. The van der Waals surface area contributed by atoms with Gasteiger partial charge in [0, 0.05) is 18.7 Å². The van der Waals surface area contributed by atoms with Gasteiger partial charge in [-0.1, -0.05) is 19.1 Å². The summed E-state index contributed by atoms with van der Waals surface area (Å²) in [6, 6.07) is 9.53. The van der Waals surface area contributed by atoms with Crippen molar-refractivity contribution in [2.24, 2.45) is 5.92 Å². The van der Waals surface area contributed by atoms with Gasteiger partial charge in [-0.2, -0.15) is 0 Å². The van der Waals surface area contributed by atoms with Gasteiger partial charge in [-0.15, -0.1) is 0 Å². The Morgan fingerprint density at radius 2 is 1.61 bits per heavy atom. The fraction of sp³-hybridized carbons (Fsp3) is 0.407. The Hall–Kier alpha value is -3.88. The molecule has 2 aromatic carbocycles. The third-order valence-corrected chi connectivity index (χ3v) is 6.73. The fourth-order valence-electron chi connectivity index (χ4n) is 4.60. The minimum atomic E-state index is -0.960. The van der Waals surface area contributed by atoms with Crippen molar-refractivity contribution >= 4 is 23.7 Å². The van der Waals surface area contributed by atoms with Crippen molar-refractivity contribution in [2.45, 2.75) is 39.3 Å². The summed E-state index contributed by atoms with van der Waals surface area (Å²) in [6.07, 6.45) is 0.880. The number of hydrogen-bond acceptors (Lipinski definition) is 7. The molecule has 0 N–H and O–H groups in total. The van der Waals surface area contributed by atoms with Crippen molar-refractivity contribution < 1.29 is 33.4 Å². The number of likely N-dealkylation sites (tertiary alicyclic amines) is 1. The molecule has 0 radical (unpaired) electrons. The van der Waals surface area contributed by atoms with Crippen molar-refractivity contribution in [3.05, 3.63) is 58.7 Å². The monoisotopic (exact) mass is 494 g/mol. The van der Waals surface area contributed by atoms with Crippen LogP contribution in [0.5, 0.6) is 11.5 Å². The molecule has 4 rings (SSSR count). The second kappa shape index (κ2) is 10.4. The summed E-state index contributed by atoms with van der Waals surface area (Å²) < 4.78 is 16.4. The molecule has 2 aromatic rings. The molecule has 0 spiro atoms. The summed E-state index contributed by atoms with van der Waals surface area (Å²) in [5, 5.41) is 0. The van der Waals surface area contributed by atoms with Crippen LogP contribution in [-0.2, 0) is 16.1 Å². The zero-order valence-corrected chi connectivity index (χ0v) is 20.9. The van der Waals surface area contributed by atoms with E-state index in [2.05, 4.69) is 6.92 Å². The second-order valence-electron chi connectivity index (χ2n) is 9.17. The summed E-state index contributed by atoms with van der Waals surface area (Å²) in [4.78, 5) is 54.4. The van der Waals surface area contributed by atoms with Crippen LogP contribution in [0, 0.1) is 5.92 Å². The van der Waals surface area contributed by atoms with Crippen LogP contribution >= 0.6 is 0 Å². The maximum Gasteiger partial charge on any atom is 0.339 e. The van der Waals surface area contributed by atoms with E-state index in [1.165, 1.54) is 26.4 Å². The van der Waals surface area contributed by atoms with E-state index in [0.717, 1.165) is 17.7 Å². The number of ether oxygens (including phenoxy) is 3. The summed E-state index contributed by atoms with van der Waals surface area (Å²) in [7, 11) is 2.85. The molecule has 9 heteroatoms. The summed E-state index contributed by atoms with van der Waals surface area (Å²) in [5.41, 5.74) is 1.15. The molecule has 1 fully saturated rings. The third-order valence-electron chi connectivity index (χ3n) is 6.73. The van der Waals surface area contributed by atoms with Crippen LogP contribution in [0.25, 0.3) is 0 Å². The molecule has 2 heterocycles. The first-order chi connectivity index (χ1) is 17.2. The van der Waals surface area contributed by atoms with E-state index >= 15 is 0 Å². The maximum atomic E-state index is 13.0. The number of hydrogen-bond donors (Lipinski definition) is 0. The highest BCUT2D eigenvalue weighted by molar-refractivity contribution is 6.21. The molecule has 1 saturated heterocycles. The molecule has 2 aliphatic heterocycles. The molecule has 0 saturated carbocycles. The number of nitrogens with zero attached hydrogens (tertiary/aromatic N) is 2. The van der Waals surface area contributed by atoms with Crippen LogP contribution < -0.4 is 9.47 Å². The Morgan fingerprint density at radius 1 is 1.00 bits per heavy atom.